The van der Waals surface area contributed by atoms with Crippen molar-refractivity contribution in [3.8, 4) is 0 Å². The molecule has 3 aromatic rings. The summed E-state index contributed by atoms with van der Waals surface area (Å²) in [7, 11) is 3.53. The molecular formula is C16H18ClN5O. The third-order valence-electron chi connectivity index (χ3n) is 3.35. The maximum Gasteiger partial charge on any atom is 0.307 e. The van der Waals surface area contributed by atoms with E-state index in [0.717, 1.165) is 17.7 Å². The van der Waals surface area contributed by atoms with E-state index in [-0.39, 0.29) is 12.4 Å². The van der Waals surface area contributed by atoms with Crippen LogP contribution in [0.2, 0.25) is 0 Å². The predicted molar refractivity (Wildman–Crippen MR) is 84.8 cm³/mol. The summed E-state index contributed by atoms with van der Waals surface area (Å²) >= 11 is 0. The number of allylic oxidation sites excluding steroid dienone is 1. The zero-order valence-electron chi connectivity index (χ0n) is 13.0. The van der Waals surface area contributed by atoms with E-state index in [1.54, 1.807) is 7.11 Å². The molecule has 3 rings (SSSR count). The van der Waals surface area contributed by atoms with Crippen LogP contribution in [0.5, 0.6) is 0 Å². The van der Waals surface area contributed by atoms with Gasteiger partial charge in [0.05, 0.1) is 20.7 Å². The van der Waals surface area contributed by atoms with E-state index < -0.39 is 0 Å². The third-order valence-corrected chi connectivity index (χ3v) is 3.35. The number of anilines is 1. The topological polar surface area (TPSA) is 55.9 Å². The molecule has 7 heteroatoms. The van der Waals surface area contributed by atoms with Crippen molar-refractivity contribution in [3.05, 3.63) is 54.6 Å². The van der Waals surface area contributed by atoms with E-state index in [0.29, 0.717) is 5.82 Å². The minimum atomic E-state index is 0. The van der Waals surface area contributed by atoms with Gasteiger partial charge < -0.3 is 12.4 Å². The number of imidazole rings is 1. The second kappa shape index (κ2) is 7.71. The van der Waals surface area contributed by atoms with Gasteiger partial charge in [-0.3, -0.25) is 9.40 Å². The summed E-state index contributed by atoms with van der Waals surface area (Å²) in [5.41, 5.74) is 5.74. The van der Waals surface area contributed by atoms with E-state index in [2.05, 4.69) is 44.3 Å². The number of hydrogen-bond donors (Lipinski definition) is 1. The zero-order chi connectivity index (χ0) is 15.4. The molecule has 0 radical (unpaired) electrons. The van der Waals surface area contributed by atoms with Crippen LogP contribution in [0.4, 0.5) is 5.82 Å². The van der Waals surface area contributed by atoms with Crippen LogP contribution in [-0.4, -0.2) is 21.6 Å². The molecule has 6 nitrogen and oxygen atoms in total. The molecule has 0 aliphatic carbocycles. The summed E-state index contributed by atoms with van der Waals surface area (Å²) in [5, 5.41) is 0. The normalized spacial score (nSPS) is 10.9. The van der Waals surface area contributed by atoms with Gasteiger partial charge in [-0.15, -0.1) is 0 Å². The molecule has 0 unspecified atom stereocenters. The van der Waals surface area contributed by atoms with Crippen molar-refractivity contribution < 1.29 is 21.8 Å². The van der Waals surface area contributed by atoms with Crippen LogP contribution in [0, 0.1) is 0 Å². The molecule has 1 aromatic carbocycles. The highest BCUT2D eigenvalue weighted by Crippen LogP contribution is 2.17. The Balaban J connectivity index is 0.00000192. The van der Waals surface area contributed by atoms with Crippen molar-refractivity contribution >= 4 is 23.1 Å². The number of aromatic nitrogens is 4. The van der Waals surface area contributed by atoms with Crippen molar-refractivity contribution in [3.63, 3.8) is 0 Å². The van der Waals surface area contributed by atoms with Crippen LogP contribution in [0.3, 0.4) is 0 Å². The summed E-state index contributed by atoms with van der Waals surface area (Å²) in [5.74, 6) is 0.654. The highest BCUT2D eigenvalue weighted by atomic mass is 35.5. The maximum atomic E-state index is 4.99. The molecule has 0 aliphatic rings. The average Bonchev–Trinajstić information content (AvgIpc) is 2.86. The highest BCUT2D eigenvalue weighted by molar-refractivity contribution is 5.80. The minimum Gasteiger partial charge on any atom is -1.00 e. The lowest BCUT2D eigenvalue weighted by Crippen LogP contribution is -3.00. The van der Waals surface area contributed by atoms with Crippen molar-refractivity contribution in [2.24, 2.45) is 7.05 Å². The fourth-order valence-electron chi connectivity index (χ4n) is 2.39. The van der Waals surface area contributed by atoms with Gasteiger partial charge in [0.25, 0.3) is 0 Å². The summed E-state index contributed by atoms with van der Waals surface area (Å²) in [6.45, 7) is 0.720. The number of rotatable bonds is 5. The Morgan fingerprint density at radius 3 is 2.78 bits per heavy atom. The molecule has 23 heavy (non-hydrogen) atoms. The van der Waals surface area contributed by atoms with Gasteiger partial charge in [-0.1, -0.05) is 41.4 Å². The molecule has 0 bridgehead atoms. The summed E-state index contributed by atoms with van der Waals surface area (Å²) in [6, 6.07) is 10.2. The van der Waals surface area contributed by atoms with Crippen molar-refractivity contribution in [1.29, 1.82) is 0 Å². The van der Waals surface area contributed by atoms with Crippen LogP contribution in [0.15, 0.2) is 49.1 Å². The van der Waals surface area contributed by atoms with Gasteiger partial charge in [0, 0.05) is 0 Å². The zero-order valence-corrected chi connectivity index (χ0v) is 13.7. The number of hydrogen-bond acceptors (Lipinski definition) is 4. The van der Waals surface area contributed by atoms with Crippen LogP contribution < -0.4 is 22.5 Å². The summed E-state index contributed by atoms with van der Waals surface area (Å²) < 4.78 is 4.05. The van der Waals surface area contributed by atoms with Gasteiger partial charge in [0.15, 0.2) is 18.5 Å². The molecule has 0 atom stereocenters. The Morgan fingerprint density at radius 1 is 1.26 bits per heavy atom. The van der Waals surface area contributed by atoms with E-state index in [1.807, 2.05) is 36.1 Å². The summed E-state index contributed by atoms with van der Waals surface area (Å²) in [4.78, 5) is 13.5. The Bertz CT molecular complexity index is 801. The van der Waals surface area contributed by atoms with Crippen LogP contribution in [0.1, 0.15) is 5.56 Å². The van der Waals surface area contributed by atoms with Crippen molar-refractivity contribution in [2.45, 2.75) is 6.54 Å². The molecule has 2 heterocycles. The van der Waals surface area contributed by atoms with Gasteiger partial charge in [-0.25, -0.2) is 10.0 Å². The number of benzene rings is 1. The second-order valence-corrected chi connectivity index (χ2v) is 4.89. The second-order valence-electron chi connectivity index (χ2n) is 4.89. The van der Waals surface area contributed by atoms with Gasteiger partial charge >= 0.3 is 5.65 Å². The molecule has 0 spiro atoms. The molecule has 0 aliphatic heterocycles. The molecule has 120 valence electrons. The van der Waals surface area contributed by atoms with Crippen LogP contribution >= 0.6 is 0 Å². The minimum absolute atomic E-state index is 0. The van der Waals surface area contributed by atoms with E-state index in [1.165, 1.54) is 11.9 Å². The lowest BCUT2D eigenvalue weighted by atomic mass is 10.2. The number of nitrogens with zero attached hydrogens (tertiary/aromatic N) is 4. The first-order valence-electron chi connectivity index (χ1n) is 6.99. The maximum absolute atomic E-state index is 4.99. The molecule has 1 N–H and O–H groups in total. The first-order valence-corrected chi connectivity index (χ1v) is 6.99. The Kier molecular flexibility index (Phi) is 5.67. The van der Waals surface area contributed by atoms with E-state index in [9.17, 15) is 0 Å². The Labute approximate surface area is 140 Å². The van der Waals surface area contributed by atoms with Gasteiger partial charge in [-0.2, -0.15) is 4.98 Å². The molecule has 0 saturated heterocycles. The van der Waals surface area contributed by atoms with Gasteiger partial charge in [0.1, 0.15) is 0 Å². The van der Waals surface area contributed by atoms with Gasteiger partial charge in [-0.05, 0) is 11.6 Å². The first kappa shape index (κ1) is 16.9. The van der Waals surface area contributed by atoms with E-state index in [4.69, 9.17) is 4.84 Å². The first-order chi connectivity index (χ1) is 10.8. The Morgan fingerprint density at radius 2 is 2.04 bits per heavy atom. The van der Waals surface area contributed by atoms with Crippen LogP contribution in [0.25, 0.3) is 17.2 Å². The fraction of sp³-hybridized carbons (Fsp3) is 0.188. The van der Waals surface area contributed by atoms with Crippen LogP contribution in [-0.2, 0) is 18.4 Å². The predicted octanol–water partition coefficient (Wildman–Crippen LogP) is -1.05. The SMILES string of the molecule is CONc1ncnc2c1n(C/C=C/c1ccccc1)c[n+]2C.[Cl-]. The highest BCUT2D eigenvalue weighted by Gasteiger charge is 2.18. The third kappa shape index (κ3) is 3.67. The van der Waals surface area contributed by atoms with Crippen molar-refractivity contribution in [1.82, 2.24) is 14.5 Å². The number of halogens is 1. The van der Waals surface area contributed by atoms with Gasteiger partial charge in [0.2, 0.25) is 5.52 Å². The molecule has 0 saturated carbocycles. The average molecular weight is 332 g/mol. The van der Waals surface area contributed by atoms with Crippen molar-refractivity contribution in [2.75, 3.05) is 12.6 Å². The molecular weight excluding hydrogens is 314 g/mol. The Hall–Kier alpha value is -2.44. The number of aryl methyl sites for hydroxylation is 1. The molecule has 0 amide bonds. The lowest BCUT2D eigenvalue weighted by Gasteiger charge is -2.01. The molecule has 2 aromatic heterocycles. The number of nitrogens with one attached hydrogen (secondary N) is 1. The molecule has 0 fully saturated rings. The number of fused-ring (bicyclic) bond motifs is 1. The monoisotopic (exact) mass is 331 g/mol. The summed E-state index contributed by atoms with van der Waals surface area (Å²) in [6.07, 6.45) is 7.72. The standard InChI is InChI=1S/C16H18N5O.ClH/c1-20-12-21(10-6-9-13-7-4-3-5-8-13)14-15(19-22-2)17-11-18-16(14)20;/h3-9,11-12H,10H2,1-2H3,(H,17,18,19);1H/q+1;/p-1/b9-6+;. The largest absolute Gasteiger partial charge is 1.00 e. The smallest absolute Gasteiger partial charge is 0.307 e. The van der Waals surface area contributed by atoms with E-state index >= 15 is 0 Å². The lowest BCUT2D eigenvalue weighted by molar-refractivity contribution is -0.647. The fourth-order valence-corrected chi connectivity index (χ4v) is 2.39. The quantitative estimate of drug-likeness (QED) is 0.479.